The molecular formula is C18H25N3O4. The lowest BCUT2D eigenvalue weighted by atomic mass is 9.72. The highest BCUT2D eigenvalue weighted by Gasteiger charge is 2.47. The van der Waals surface area contributed by atoms with E-state index in [4.69, 9.17) is 4.74 Å². The number of non-ortho nitro benzene ring substituents is 1. The molecule has 1 aromatic rings. The third-order valence-electron chi connectivity index (χ3n) is 4.95. The van der Waals surface area contributed by atoms with Crippen molar-refractivity contribution >= 4 is 17.5 Å². The van der Waals surface area contributed by atoms with Crippen LogP contribution in [0.15, 0.2) is 24.3 Å². The van der Waals surface area contributed by atoms with Gasteiger partial charge in [0.1, 0.15) is 5.60 Å². The highest BCUT2D eigenvalue weighted by molar-refractivity contribution is 5.69. The lowest BCUT2D eigenvalue weighted by Crippen LogP contribution is -2.62. The van der Waals surface area contributed by atoms with Crippen LogP contribution in [0.2, 0.25) is 0 Å². The fraction of sp³-hybridized carbons (Fsp3) is 0.611. The molecule has 2 aliphatic rings. The molecule has 136 valence electrons. The SMILES string of the molecule is CC(C)(C)OC(=O)N1CC2(CCN(c3ccc([N+](=O)[O-])cc3)CC2)C1. The Bertz CT molecular complexity index is 650. The molecular weight excluding hydrogens is 322 g/mol. The van der Waals surface area contributed by atoms with E-state index in [2.05, 4.69) is 4.90 Å². The van der Waals surface area contributed by atoms with Crippen molar-refractivity contribution in [2.24, 2.45) is 5.41 Å². The van der Waals surface area contributed by atoms with Gasteiger partial charge in [-0.3, -0.25) is 10.1 Å². The summed E-state index contributed by atoms with van der Waals surface area (Å²) in [5.41, 5.74) is 0.876. The van der Waals surface area contributed by atoms with Crippen molar-refractivity contribution < 1.29 is 14.5 Å². The lowest BCUT2D eigenvalue weighted by Gasteiger charge is -2.54. The van der Waals surface area contributed by atoms with Gasteiger partial charge in [-0.1, -0.05) is 0 Å². The van der Waals surface area contributed by atoms with Gasteiger partial charge in [-0.2, -0.15) is 0 Å². The predicted octanol–water partition coefficient (Wildman–Crippen LogP) is 3.43. The molecule has 1 aromatic carbocycles. The molecule has 0 aromatic heterocycles. The number of ether oxygens (including phenoxy) is 1. The molecule has 0 unspecified atom stereocenters. The van der Waals surface area contributed by atoms with E-state index in [9.17, 15) is 14.9 Å². The Morgan fingerprint density at radius 2 is 1.72 bits per heavy atom. The third kappa shape index (κ3) is 3.86. The summed E-state index contributed by atoms with van der Waals surface area (Å²) in [6, 6.07) is 6.72. The van der Waals surface area contributed by atoms with Gasteiger partial charge in [-0.15, -0.1) is 0 Å². The largest absolute Gasteiger partial charge is 0.444 e. The minimum Gasteiger partial charge on any atom is -0.444 e. The van der Waals surface area contributed by atoms with Crippen LogP contribution < -0.4 is 4.90 Å². The highest BCUT2D eigenvalue weighted by Crippen LogP contribution is 2.42. The van der Waals surface area contributed by atoms with Crippen LogP contribution in [0.25, 0.3) is 0 Å². The van der Waals surface area contributed by atoms with Gasteiger partial charge in [0.05, 0.1) is 4.92 Å². The van der Waals surface area contributed by atoms with Crippen molar-refractivity contribution in [3.63, 3.8) is 0 Å². The molecule has 2 heterocycles. The number of carbonyl (C=O) groups is 1. The normalized spacial score (nSPS) is 19.5. The summed E-state index contributed by atoms with van der Waals surface area (Å²) >= 11 is 0. The van der Waals surface area contributed by atoms with E-state index in [0.29, 0.717) is 0 Å². The molecule has 0 bridgehead atoms. The van der Waals surface area contributed by atoms with E-state index in [1.807, 2.05) is 32.9 Å². The quantitative estimate of drug-likeness (QED) is 0.605. The summed E-state index contributed by atoms with van der Waals surface area (Å²) in [6.45, 7) is 8.96. The summed E-state index contributed by atoms with van der Waals surface area (Å²) in [7, 11) is 0. The van der Waals surface area contributed by atoms with Crippen molar-refractivity contribution in [1.82, 2.24) is 4.90 Å². The van der Waals surface area contributed by atoms with Crippen molar-refractivity contribution in [1.29, 1.82) is 0 Å². The van der Waals surface area contributed by atoms with Crippen LogP contribution in [0.3, 0.4) is 0 Å². The number of hydrogen-bond acceptors (Lipinski definition) is 5. The van der Waals surface area contributed by atoms with E-state index in [-0.39, 0.29) is 22.1 Å². The number of nitro groups is 1. The number of hydrogen-bond donors (Lipinski definition) is 0. The molecule has 0 radical (unpaired) electrons. The second-order valence-electron chi connectivity index (χ2n) is 8.10. The summed E-state index contributed by atoms with van der Waals surface area (Å²) in [6.07, 6.45) is 1.81. The molecule has 7 heteroatoms. The number of rotatable bonds is 2. The topological polar surface area (TPSA) is 75.9 Å². The van der Waals surface area contributed by atoms with E-state index in [1.165, 1.54) is 0 Å². The third-order valence-corrected chi connectivity index (χ3v) is 4.95. The number of nitro benzene ring substituents is 1. The number of anilines is 1. The molecule has 0 saturated carbocycles. The zero-order valence-electron chi connectivity index (χ0n) is 15.0. The van der Waals surface area contributed by atoms with E-state index in [0.717, 1.165) is 44.7 Å². The molecule has 0 aliphatic carbocycles. The minimum absolute atomic E-state index is 0.115. The molecule has 2 fully saturated rings. The maximum atomic E-state index is 12.1. The van der Waals surface area contributed by atoms with Gasteiger partial charge >= 0.3 is 6.09 Å². The Morgan fingerprint density at radius 1 is 1.16 bits per heavy atom. The Morgan fingerprint density at radius 3 is 2.20 bits per heavy atom. The molecule has 0 N–H and O–H groups in total. The number of nitrogens with zero attached hydrogens (tertiary/aromatic N) is 3. The van der Waals surface area contributed by atoms with Gasteiger partial charge in [0.25, 0.3) is 5.69 Å². The first-order valence-electron chi connectivity index (χ1n) is 8.65. The average molecular weight is 347 g/mol. The second-order valence-corrected chi connectivity index (χ2v) is 8.10. The molecule has 1 spiro atoms. The average Bonchev–Trinajstić information content (AvgIpc) is 2.51. The Balaban J connectivity index is 1.51. The van der Waals surface area contributed by atoms with Crippen LogP contribution in [0.5, 0.6) is 0 Å². The molecule has 0 atom stereocenters. The number of amides is 1. The second kappa shape index (κ2) is 6.20. The van der Waals surface area contributed by atoms with Crippen molar-refractivity contribution in [3.8, 4) is 0 Å². The van der Waals surface area contributed by atoms with Gasteiger partial charge in [-0.05, 0) is 45.7 Å². The number of carbonyl (C=O) groups excluding carboxylic acids is 1. The van der Waals surface area contributed by atoms with Gasteiger partial charge in [0.15, 0.2) is 0 Å². The number of likely N-dealkylation sites (tertiary alicyclic amines) is 1. The Hall–Kier alpha value is -2.31. The van der Waals surface area contributed by atoms with Crippen molar-refractivity contribution in [3.05, 3.63) is 34.4 Å². The summed E-state index contributed by atoms with van der Waals surface area (Å²) in [5, 5.41) is 10.7. The zero-order valence-corrected chi connectivity index (χ0v) is 15.0. The van der Waals surface area contributed by atoms with Crippen molar-refractivity contribution in [2.75, 3.05) is 31.1 Å². The zero-order chi connectivity index (χ0) is 18.2. The molecule has 3 rings (SSSR count). The van der Waals surface area contributed by atoms with E-state index >= 15 is 0 Å². The van der Waals surface area contributed by atoms with Crippen LogP contribution in [0.4, 0.5) is 16.2 Å². The number of benzene rings is 1. The monoisotopic (exact) mass is 347 g/mol. The van der Waals surface area contributed by atoms with Crippen LogP contribution in [0, 0.1) is 15.5 Å². The lowest BCUT2D eigenvalue weighted by molar-refractivity contribution is -0.384. The summed E-state index contributed by atoms with van der Waals surface area (Å²) in [5.74, 6) is 0. The van der Waals surface area contributed by atoms with Gasteiger partial charge in [-0.25, -0.2) is 4.79 Å². The van der Waals surface area contributed by atoms with Crippen LogP contribution in [0.1, 0.15) is 33.6 Å². The molecule has 25 heavy (non-hydrogen) atoms. The maximum absolute atomic E-state index is 12.1. The first-order chi connectivity index (χ1) is 11.7. The first kappa shape index (κ1) is 17.5. The van der Waals surface area contributed by atoms with Gasteiger partial charge < -0.3 is 14.5 Å². The van der Waals surface area contributed by atoms with Crippen LogP contribution in [-0.2, 0) is 4.74 Å². The number of piperidine rings is 1. The molecule has 2 aliphatic heterocycles. The molecule has 7 nitrogen and oxygen atoms in total. The Kier molecular flexibility index (Phi) is 4.34. The predicted molar refractivity (Wildman–Crippen MR) is 94.8 cm³/mol. The Labute approximate surface area is 147 Å². The maximum Gasteiger partial charge on any atom is 0.410 e. The first-order valence-corrected chi connectivity index (χ1v) is 8.65. The minimum atomic E-state index is -0.459. The molecule has 2 saturated heterocycles. The summed E-state index contributed by atoms with van der Waals surface area (Å²) < 4.78 is 5.42. The van der Waals surface area contributed by atoms with Crippen LogP contribution in [-0.4, -0.2) is 47.7 Å². The molecule has 1 amide bonds. The van der Waals surface area contributed by atoms with Gasteiger partial charge in [0.2, 0.25) is 0 Å². The summed E-state index contributed by atoms with van der Waals surface area (Å²) in [4.78, 5) is 26.5. The van der Waals surface area contributed by atoms with E-state index in [1.54, 1.807) is 17.0 Å². The van der Waals surface area contributed by atoms with Crippen molar-refractivity contribution in [2.45, 2.75) is 39.2 Å². The highest BCUT2D eigenvalue weighted by atomic mass is 16.6. The fourth-order valence-corrected chi connectivity index (χ4v) is 3.56. The van der Waals surface area contributed by atoms with Crippen LogP contribution >= 0.6 is 0 Å². The van der Waals surface area contributed by atoms with Gasteiger partial charge in [0, 0.05) is 49.4 Å². The fourth-order valence-electron chi connectivity index (χ4n) is 3.56. The standard InChI is InChI=1S/C18H25N3O4/c1-17(2,3)25-16(22)20-12-18(13-20)8-10-19(11-9-18)14-4-6-15(7-5-14)21(23)24/h4-7H,8-13H2,1-3H3. The smallest absolute Gasteiger partial charge is 0.410 e. The van der Waals surface area contributed by atoms with E-state index < -0.39 is 5.60 Å².